The predicted octanol–water partition coefficient (Wildman–Crippen LogP) is 5.25. The van der Waals surface area contributed by atoms with E-state index in [9.17, 15) is 40.8 Å². The van der Waals surface area contributed by atoms with Crippen molar-refractivity contribution < 1.29 is 40.4 Å². The van der Waals surface area contributed by atoms with E-state index < -0.39 is 34.9 Å². The van der Waals surface area contributed by atoms with Gasteiger partial charge in [0.25, 0.3) is 0 Å². The number of ether oxygens (including phenoxy) is 1. The molecule has 1 N–H and O–H groups in total. The number of nitrogens with one attached hydrogen (secondary N) is 1. The first-order valence-corrected chi connectivity index (χ1v) is 8.20. The van der Waals surface area contributed by atoms with E-state index in [1.807, 2.05) is 0 Å². The molecule has 1 atom stereocenters. The van der Waals surface area contributed by atoms with Crippen LogP contribution in [0.3, 0.4) is 0 Å². The Labute approximate surface area is 162 Å². The molecular weight excluding hydrogens is 471 g/mol. The van der Waals surface area contributed by atoms with Gasteiger partial charge in [0.05, 0.1) is 21.7 Å². The maximum absolute atomic E-state index is 13.1. The smallest absolute Gasteiger partial charge is 0.462 e. The first-order chi connectivity index (χ1) is 12.6. The van der Waals surface area contributed by atoms with Crippen LogP contribution in [0.2, 0.25) is 0 Å². The van der Waals surface area contributed by atoms with E-state index in [-0.39, 0.29) is 15.8 Å². The van der Waals surface area contributed by atoms with Crippen LogP contribution >= 0.6 is 15.9 Å². The summed E-state index contributed by atoms with van der Waals surface area (Å²) in [6.45, 7) is 3.40. The van der Waals surface area contributed by atoms with Crippen LogP contribution in [0.5, 0.6) is 5.75 Å². The van der Waals surface area contributed by atoms with Crippen LogP contribution in [0.1, 0.15) is 25.8 Å². The highest BCUT2D eigenvalue weighted by atomic mass is 79.9. The Morgan fingerprint density at radius 3 is 2.32 bits per heavy atom. The topological polar surface area (TPSA) is 76.8 Å². The summed E-state index contributed by atoms with van der Waals surface area (Å²) in [7, 11) is 0. The Hall–Kier alpha value is -2.12. The molecule has 14 heteroatoms. The van der Waals surface area contributed by atoms with Gasteiger partial charge in [0, 0.05) is 11.6 Å². The fourth-order valence-electron chi connectivity index (χ4n) is 1.65. The monoisotopic (exact) mass is 483 g/mol. The molecule has 1 aromatic rings. The van der Waals surface area contributed by atoms with Gasteiger partial charge in [0.1, 0.15) is 0 Å². The number of hydrogen-bond donors (Lipinski definition) is 1. The molecule has 0 saturated heterocycles. The van der Waals surface area contributed by atoms with Crippen molar-refractivity contribution >= 4 is 27.8 Å². The third-order valence-electron chi connectivity index (χ3n) is 3.31. The summed E-state index contributed by atoms with van der Waals surface area (Å²) in [5, 5.41) is 13.8. The molecule has 0 radical (unpaired) electrons. The summed E-state index contributed by atoms with van der Waals surface area (Å²) in [4.78, 5) is 10.3. The van der Waals surface area contributed by atoms with Gasteiger partial charge in [-0.15, -0.1) is 0 Å². The summed E-state index contributed by atoms with van der Waals surface area (Å²) in [5.41, 5.74) is -0.408. The van der Waals surface area contributed by atoms with Crippen LogP contribution in [-0.2, 0) is 0 Å². The van der Waals surface area contributed by atoms with E-state index in [4.69, 9.17) is 4.74 Å². The summed E-state index contributed by atoms with van der Waals surface area (Å²) in [6, 6.07) is -3.80. The van der Waals surface area contributed by atoms with E-state index in [2.05, 4.69) is 21.0 Å². The molecule has 28 heavy (non-hydrogen) atoms. The number of halogens is 8. The Balaban J connectivity index is 3.14. The zero-order valence-electron chi connectivity index (χ0n) is 14.2. The fraction of sp³-hybridized carbons (Fsp3) is 0.500. The van der Waals surface area contributed by atoms with E-state index in [0.29, 0.717) is 18.1 Å². The van der Waals surface area contributed by atoms with Gasteiger partial charge in [-0.05, 0) is 35.3 Å². The first kappa shape index (κ1) is 23.9. The van der Waals surface area contributed by atoms with Gasteiger partial charge < -0.3 is 4.74 Å². The highest BCUT2D eigenvalue weighted by Gasteiger charge is 2.73. The molecule has 0 heterocycles. The van der Waals surface area contributed by atoms with E-state index >= 15 is 0 Å². The predicted molar refractivity (Wildman–Crippen MR) is 87.9 cm³/mol. The largest absolute Gasteiger partial charge is 0.483 e. The van der Waals surface area contributed by atoms with Crippen LogP contribution in [-0.4, -0.2) is 35.4 Å². The van der Waals surface area contributed by atoms with E-state index in [0.717, 1.165) is 12.1 Å². The molecule has 0 amide bonds. The second-order valence-corrected chi connectivity index (χ2v) is 6.32. The van der Waals surface area contributed by atoms with Gasteiger partial charge >= 0.3 is 23.8 Å². The quantitative estimate of drug-likeness (QED) is 0.180. The van der Waals surface area contributed by atoms with Crippen LogP contribution in [0.25, 0.3) is 0 Å². The van der Waals surface area contributed by atoms with Crippen molar-refractivity contribution in [2.75, 3.05) is 0 Å². The molecule has 0 fully saturated rings. The molecular formula is C14H13BrF7N3O3. The number of alkyl halides is 7. The lowest BCUT2D eigenvalue weighted by Gasteiger charge is -2.27. The zero-order chi connectivity index (χ0) is 21.9. The van der Waals surface area contributed by atoms with Crippen molar-refractivity contribution in [2.24, 2.45) is 5.10 Å². The Morgan fingerprint density at radius 1 is 1.29 bits per heavy atom. The van der Waals surface area contributed by atoms with Gasteiger partial charge in [0.15, 0.2) is 0 Å². The average Bonchev–Trinajstić information content (AvgIpc) is 2.55. The molecule has 0 aliphatic carbocycles. The molecule has 6 nitrogen and oxygen atoms in total. The maximum atomic E-state index is 13.1. The van der Waals surface area contributed by atoms with E-state index in [1.165, 1.54) is 0 Å². The van der Waals surface area contributed by atoms with Crippen LogP contribution in [0, 0.1) is 10.1 Å². The molecule has 0 spiro atoms. The third kappa shape index (κ3) is 5.23. The van der Waals surface area contributed by atoms with Crippen molar-refractivity contribution in [3.05, 3.63) is 32.3 Å². The first-order valence-electron chi connectivity index (χ1n) is 7.41. The molecule has 0 unspecified atom stereocenters. The minimum Gasteiger partial charge on any atom is -0.483 e. The lowest BCUT2D eigenvalue weighted by Crippen LogP contribution is -2.58. The second kappa shape index (κ2) is 8.49. The van der Waals surface area contributed by atoms with Gasteiger partial charge in [-0.2, -0.15) is 35.8 Å². The molecule has 1 rings (SSSR count). The lowest BCUT2D eigenvalue weighted by molar-refractivity contribution is -0.386. The van der Waals surface area contributed by atoms with Crippen LogP contribution in [0.4, 0.5) is 36.4 Å². The van der Waals surface area contributed by atoms with Gasteiger partial charge in [0.2, 0.25) is 5.75 Å². The summed E-state index contributed by atoms with van der Waals surface area (Å²) >= 11 is 2.98. The number of rotatable bonds is 8. The number of hydrazone groups is 1. The van der Waals surface area contributed by atoms with Crippen molar-refractivity contribution in [1.29, 1.82) is 0 Å². The number of benzene rings is 1. The molecule has 0 saturated carbocycles. The molecule has 0 bridgehead atoms. The third-order valence-corrected chi connectivity index (χ3v) is 3.89. The van der Waals surface area contributed by atoms with Gasteiger partial charge in [-0.25, -0.2) is 5.43 Å². The van der Waals surface area contributed by atoms with Crippen LogP contribution < -0.4 is 10.2 Å². The second-order valence-electron chi connectivity index (χ2n) is 5.46. The van der Waals surface area contributed by atoms with Crippen molar-refractivity contribution in [1.82, 2.24) is 5.43 Å². The maximum Gasteiger partial charge on any atom is 0.462 e. The Morgan fingerprint density at radius 2 is 1.86 bits per heavy atom. The zero-order valence-corrected chi connectivity index (χ0v) is 15.7. The standard InChI is InChI=1S/C14H13BrF7N3O3/c1-3-7(2)28-11-9(15)4-8(5-10(11)25(26)27)6-23-24-14(21,22)12(16,17)13(18,19)20/h4-7,24H,3H2,1-2H3/b23-6-/t7-/m1/s1. The highest BCUT2D eigenvalue weighted by molar-refractivity contribution is 9.10. The van der Waals surface area contributed by atoms with Crippen molar-refractivity contribution in [3.63, 3.8) is 0 Å². The van der Waals surface area contributed by atoms with Crippen molar-refractivity contribution in [3.8, 4) is 5.75 Å². The van der Waals surface area contributed by atoms with Gasteiger partial charge in [-0.3, -0.25) is 10.1 Å². The molecule has 1 aromatic carbocycles. The minimum atomic E-state index is -6.52. The summed E-state index contributed by atoms with van der Waals surface area (Å²) in [5.74, 6) is -6.56. The number of hydrogen-bond acceptors (Lipinski definition) is 5. The Bertz CT molecular complexity index is 756. The molecule has 0 aliphatic heterocycles. The van der Waals surface area contributed by atoms with E-state index in [1.54, 1.807) is 13.8 Å². The van der Waals surface area contributed by atoms with Gasteiger partial charge in [-0.1, -0.05) is 6.92 Å². The van der Waals surface area contributed by atoms with Crippen molar-refractivity contribution in [2.45, 2.75) is 44.5 Å². The summed E-state index contributed by atoms with van der Waals surface area (Å²) in [6.07, 6.45) is -5.99. The molecule has 0 aliphatic rings. The summed E-state index contributed by atoms with van der Waals surface area (Å²) < 4.78 is 93.2. The SMILES string of the molecule is CC[C@@H](C)Oc1c(Br)cc(/C=N\NC(F)(F)C(F)(F)C(F)(F)F)cc1[N+](=O)[O-]. The molecule has 158 valence electrons. The molecule has 0 aromatic heterocycles. The normalized spacial score (nSPS) is 14.2. The highest BCUT2D eigenvalue weighted by Crippen LogP contribution is 2.45. The number of nitro benzene ring substituents is 1. The number of nitrogens with zero attached hydrogens (tertiary/aromatic N) is 2. The lowest BCUT2D eigenvalue weighted by atomic mass is 10.2. The van der Waals surface area contributed by atoms with Crippen LogP contribution in [0.15, 0.2) is 21.7 Å². The average molecular weight is 484 g/mol. The minimum absolute atomic E-state index is 0.0239. The Kier molecular flexibility index (Phi) is 7.25. The fourth-order valence-corrected chi connectivity index (χ4v) is 2.21. The number of nitro groups is 1.